The van der Waals surface area contributed by atoms with E-state index >= 15 is 0 Å². The Hall–Kier alpha value is -1.13. The Morgan fingerprint density at radius 1 is 1.04 bits per heavy atom. The lowest BCUT2D eigenvalue weighted by Gasteiger charge is -2.39. The molecule has 0 spiro atoms. The van der Waals surface area contributed by atoms with Crippen LogP contribution < -0.4 is 0 Å². The third-order valence-electron chi connectivity index (χ3n) is 4.65. The van der Waals surface area contributed by atoms with Gasteiger partial charge in [-0.2, -0.15) is 0 Å². The van der Waals surface area contributed by atoms with Gasteiger partial charge >= 0.3 is 5.97 Å². The zero-order valence-electron chi connectivity index (χ0n) is 15.7. The van der Waals surface area contributed by atoms with E-state index in [0.29, 0.717) is 18.8 Å². The van der Waals surface area contributed by atoms with Gasteiger partial charge in [-0.1, -0.05) is 52.8 Å². The molecule has 0 fully saturated rings. The van der Waals surface area contributed by atoms with Gasteiger partial charge in [0.1, 0.15) is 0 Å². The highest BCUT2D eigenvalue weighted by Crippen LogP contribution is 2.38. The van der Waals surface area contributed by atoms with Crippen LogP contribution in [0.2, 0.25) is 18.1 Å². The van der Waals surface area contributed by atoms with E-state index in [9.17, 15) is 4.79 Å². The van der Waals surface area contributed by atoms with Gasteiger partial charge < -0.3 is 9.16 Å². The lowest BCUT2D eigenvalue weighted by Crippen LogP contribution is -2.43. The Labute approximate surface area is 142 Å². The van der Waals surface area contributed by atoms with E-state index in [2.05, 4.69) is 47.7 Å². The van der Waals surface area contributed by atoms with Crippen molar-refractivity contribution in [3.8, 4) is 0 Å². The van der Waals surface area contributed by atoms with Crippen LogP contribution in [-0.2, 0) is 9.16 Å². The van der Waals surface area contributed by atoms with Crippen molar-refractivity contribution in [2.45, 2.75) is 59.2 Å². The summed E-state index contributed by atoms with van der Waals surface area (Å²) in [6.07, 6.45) is 0.792. The van der Waals surface area contributed by atoms with E-state index in [0.717, 1.165) is 6.42 Å². The predicted molar refractivity (Wildman–Crippen MR) is 98.3 cm³/mol. The van der Waals surface area contributed by atoms with Gasteiger partial charge in [0.05, 0.1) is 12.2 Å². The van der Waals surface area contributed by atoms with Crippen LogP contribution in [0.1, 0.15) is 51.4 Å². The van der Waals surface area contributed by atoms with E-state index in [1.54, 1.807) is 12.1 Å². The average Bonchev–Trinajstić information content (AvgIpc) is 2.45. The van der Waals surface area contributed by atoms with Gasteiger partial charge in [-0.25, -0.2) is 4.79 Å². The number of ether oxygens (including phenoxy) is 1. The van der Waals surface area contributed by atoms with Crippen LogP contribution in [-0.4, -0.2) is 27.5 Å². The summed E-state index contributed by atoms with van der Waals surface area (Å²) in [5, 5.41) is 0.211. The number of benzene rings is 1. The maximum Gasteiger partial charge on any atom is 0.338 e. The minimum Gasteiger partial charge on any atom is -0.462 e. The van der Waals surface area contributed by atoms with Crippen molar-refractivity contribution in [2.75, 3.05) is 13.2 Å². The highest BCUT2D eigenvalue weighted by atomic mass is 28.4. The maximum atomic E-state index is 11.9. The van der Waals surface area contributed by atoms with Crippen LogP contribution in [0.15, 0.2) is 30.3 Å². The largest absolute Gasteiger partial charge is 0.462 e. The smallest absolute Gasteiger partial charge is 0.338 e. The molecular formula is C19H32O3Si. The summed E-state index contributed by atoms with van der Waals surface area (Å²) < 4.78 is 11.7. The van der Waals surface area contributed by atoms with Crippen molar-refractivity contribution in [1.29, 1.82) is 0 Å². The van der Waals surface area contributed by atoms with Gasteiger partial charge in [0.15, 0.2) is 8.32 Å². The molecule has 3 nitrogen and oxygen atoms in total. The molecule has 0 heterocycles. The molecule has 0 saturated heterocycles. The first-order valence-corrected chi connectivity index (χ1v) is 11.2. The Balaban J connectivity index is 2.43. The van der Waals surface area contributed by atoms with Crippen molar-refractivity contribution in [1.82, 2.24) is 0 Å². The fourth-order valence-electron chi connectivity index (χ4n) is 1.74. The first kappa shape index (κ1) is 19.9. The monoisotopic (exact) mass is 336 g/mol. The van der Waals surface area contributed by atoms with E-state index in [4.69, 9.17) is 9.16 Å². The fraction of sp³-hybridized carbons (Fsp3) is 0.632. The van der Waals surface area contributed by atoms with E-state index in [-0.39, 0.29) is 16.4 Å². The maximum absolute atomic E-state index is 11.9. The quantitative estimate of drug-likeness (QED) is 0.502. The molecule has 0 amide bonds. The molecule has 1 aromatic carbocycles. The number of hydrogen-bond acceptors (Lipinski definition) is 3. The minimum absolute atomic E-state index is 0.00745. The van der Waals surface area contributed by atoms with Crippen LogP contribution >= 0.6 is 0 Å². The van der Waals surface area contributed by atoms with Crippen molar-refractivity contribution in [2.24, 2.45) is 5.41 Å². The van der Waals surface area contributed by atoms with Crippen LogP contribution in [0.25, 0.3) is 0 Å². The highest BCUT2D eigenvalue weighted by Gasteiger charge is 2.38. The van der Waals surface area contributed by atoms with Crippen LogP contribution in [0, 0.1) is 5.41 Å². The van der Waals surface area contributed by atoms with Gasteiger partial charge in [-0.05, 0) is 42.1 Å². The predicted octanol–water partition coefficient (Wildman–Crippen LogP) is 5.28. The lowest BCUT2D eigenvalue weighted by molar-refractivity contribution is 0.0420. The molecule has 4 heteroatoms. The average molecular weight is 337 g/mol. The summed E-state index contributed by atoms with van der Waals surface area (Å²) in [6, 6.07) is 9.11. The number of hydrogen-bond donors (Lipinski definition) is 0. The fourth-order valence-corrected chi connectivity index (χ4v) is 2.93. The molecule has 0 radical (unpaired) electrons. The molecule has 0 bridgehead atoms. The summed E-state index contributed by atoms with van der Waals surface area (Å²) in [7, 11) is -1.74. The third-order valence-corrected chi connectivity index (χ3v) is 9.13. The minimum atomic E-state index is -1.74. The zero-order valence-corrected chi connectivity index (χ0v) is 16.7. The van der Waals surface area contributed by atoms with Crippen LogP contribution in [0.3, 0.4) is 0 Å². The Morgan fingerprint density at radius 2 is 1.61 bits per heavy atom. The first-order chi connectivity index (χ1) is 10.4. The van der Waals surface area contributed by atoms with Crippen molar-refractivity contribution in [3.63, 3.8) is 0 Å². The topological polar surface area (TPSA) is 35.5 Å². The number of esters is 1. The standard InChI is InChI=1S/C19H32O3Si/c1-18(2,3)23(6,7)22-15-19(4,5)13-14-21-17(20)16-11-9-8-10-12-16/h8-12H,13-15H2,1-7H3. The van der Waals surface area contributed by atoms with Gasteiger partial charge in [0.2, 0.25) is 0 Å². The molecule has 23 heavy (non-hydrogen) atoms. The summed E-state index contributed by atoms with van der Waals surface area (Å²) in [5.74, 6) is -0.258. The molecule has 0 unspecified atom stereocenters. The van der Waals surface area contributed by atoms with E-state index in [1.165, 1.54) is 0 Å². The normalized spacial score (nSPS) is 13.0. The van der Waals surface area contributed by atoms with Gasteiger partial charge in [-0.3, -0.25) is 0 Å². The molecule has 1 aromatic rings. The molecule has 0 aliphatic carbocycles. The van der Waals surface area contributed by atoms with Crippen molar-refractivity contribution >= 4 is 14.3 Å². The Bertz CT molecular complexity index is 501. The zero-order chi connectivity index (χ0) is 17.7. The summed E-state index contributed by atoms with van der Waals surface area (Å²) in [6.45, 7) is 16.7. The van der Waals surface area contributed by atoms with E-state index < -0.39 is 8.32 Å². The summed E-state index contributed by atoms with van der Waals surface area (Å²) >= 11 is 0. The molecule has 0 N–H and O–H groups in total. The molecule has 0 aliphatic heterocycles. The number of rotatable bonds is 7. The first-order valence-electron chi connectivity index (χ1n) is 8.31. The lowest BCUT2D eigenvalue weighted by atomic mass is 9.91. The molecule has 1 rings (SSSR count). The highest BCUT2D eigenvalue weighted by molar-refractivity contribution is 6.74. The van der Waals surface area contributed by atoms with Crippen molar-refractivity contribution < 1.29 is 14.0 Å². The number of carbonyl (C=O) groups is 1. The molecule has 0 atom stereocenters. The van der Waals surface area contributed by atoms with Gasteiger partial charge in [0, 0.05) is 6.61 Å². The number of carbonyl (C=O) groups excluding carboxylic acids is 1. The van der Waals surface area contributed by atoms with Crippen molar-refractivity contribution in [3.05, 3.63) is 35.9 Å². The SMILES string of the molecule is CC(C)(CCOC(=O)c1ccccc1)CO[Si](C)(C)C(C)(C)C. The Kier molecular flexibility index (Phi) is 6.60. The Morgan fingerprint density at radius 3 is 2.13 bits per heavy atom. The molecule has 0 saturated carbocycles. The second-order valence-electron chi connectivity index (χ2n) is 8.47. The second-order valence-corrected chi connectivity index (χ2v) is 13.3. The summed E-state index contributed by atoms with van der Waals surface area (Å²) in [4.78, 5) is 11.9. The molecule has 130 valence electrons. The van der Waals surface area contributed by atoms with Gasteiger partial charge in [0.25, 0.3) is 0 Å². The van der Waals surface area contributed by atoms with Crippen LogP contribution in [0.4, 0.5) is 0 Å². The van der Waals surface area contributed by atoms with E-state index in [1.807, 2.05) is 18.2 Å². The van der Waals surface area contributed by atoms with Crippen LogP contribution in [0.5, 0.6) is 0 Å². The molecule has 0 aromatic heterocycles. The molecule has 0 aliphatic rings. The second kappa shape index (κ2) is 7.62. The summed E-state index contributed by atoms with van der Waals surface area (Å²) in [5.41, 5.74) is 0.592. The molecular weight excluding hydrogens is 304 g/mol. The van der Waals surface area contributed by atoms with Gasteiger partial charge in [-0.15, -0.1) is 0 Å². The third kappa shape index (κ3) is 6.48.